The maximum absolute atomic E-state index is 3.38. The maximum Gasteiger partial charge on any atom is 0.0232 e. The summed E-state index contributed by atoms with van der Waals surface area (Å²) in [6, 6.07) is 0.888. The molecule has 1 unspecified atom stereocenters. The zero-order valence-corrected chi connectivity index (χ0v) is 5.77. The topological polar surface area (TPSA) is 15.3 Å². The molecule has 2 heterocycles. The Morgan fingerprint density at radius 1 is 1.33 bits per heavy atom. The van der Waals surface area contributed by atoms with Crippen molar-refractivity contribution in [3.05, 3.63) is 0 Å². The fraction of sp³-hybridized carbons (Fsp3) is 1.00. The molecule has 2 nitrogen and oxygen atoms in total. The van der Waals surface area contributed by atoms with Crippen LogP contribution in [0.2, 0.25) is 0 Å². The lowest BCUT2D eigenvalue weighted by atomic mass is 10.1. The van der Waals surface area contributed by atoms with E-state index in [1.54, 1.807) is 0 Å². The predicted molar refractivity (Wildman–Crippen MR) is 37.5 cm³/mol. The fourth-order valence-corrected chi connectivity index (χ4v) is 1.66. The van der Waals surface area contributed by atoms with Gasteiger partial charge in [-0.2, -0.15) is 0 Å². The minimum absolute atomic E-state index is 0.888. The van der Waals surface area contributed by atoms with Gasteiger partial charge in [-0.25, -0.2) is 0 Å². The van der Waals surface area contributed by atoms with Gasteiger partial charge in [-0.1, -0.05) is 0 Å². The summed E-state index contributed by atoms with van der Waals surface area (Å²) in [6.45, 7) is 5.18. The maximum atomic E-state index is 3.38. The van der Waals surface area contributed by atoms with Crippen LogP contribution in [-0.4, -0.2) is 37.1 Å². The molecule has 2 heteroatoms. The second-order valence-electron chi connectivity index (χ2n) is 3.04. The summed E-state index contributed by atoms with van der Waals surface area (Å²) in [5.74, 6) is 0. The molecule has 0 radical (unpaired) electrons. The Morgan fingerprint density at radius 2 is 2.22 bits per heavy atom. The van der Waals surface area contributed by atoms with E-state index in [4.69, 9.17) is 0 Å². The quantitative estimate of drug-likeness (QED) is 0.534. The molecule has 2 aliphatic heterocycles. The lowest BCUT2D eigenvalue weighted by Gasteiger charge is -2.35. The zero-order chi connectivity index (χ0) is 6.10. The fourth-order valence-electron chi connectivity index (χ4n) is 1.66. The number of rotatable bonds is 1. The minimum Gasteiger partial charge on any atom is -0.315 e. The molecule has 0 aromatic carbocycles. The van der Waals surface area contributed by atoms with E-state index in [0.29, 0.717) is 0 Å². The Hall–Kier alpha value is -0.0800. The highest BCUT2D eigenvalue weighted by Crippen LogP contribution is 2.15. The average Bonchev–Trinajstić information content (AvgIpc) is 2.11. The molecular formula is C7H14N2. The molecule has 1 N–H and O–H groups in total. The van der Waals surface area contributed by atoms with Crippen molar-refractivity contribution in [2.45, 2.75) is 18.9 Å². The molecular weight excluding hydrogens is 112 g/mol. The number of hydrogen-bond acceptors (Lipinski definition) is 2. The Morgan fingerprint density at radius 3 is 2.67 bits per heavy atom. The largest absolute Gasteiger partial charge is 0.315 e. The summed E-state index contributed by atoms with van der Waals surface area (Å²) in [7, 11) is 0. The van der Waals surface area contributed by atoms with Crippen molar-refractivity contribution < 1.29 is 0 Å². The standard InChI is InChI=1S/C7H14N2/c1-4-9(5-1)7-2-3-8-6-7/h7-8H,1-6H2. The summed E-state index contributed by atoms with van der Waals surface area (Å²) >= 11 is 0. The van der Waals surface area contributed by atoms with Gasteiger partial charge in [0.2, 0.25) is 0 Å². The summed E-state index contributed by atoms with van der Waals surface area (Å²) in [5.41, 5.74) is 0. The van der Waals surface area contributed by atoms with Crippen LogP contribution < -0.4 is 5.32 Å². The lowest BCUT2D eigenvalue weighted by Crippen LogP contribution is -2.45. The molecule has 0 spiro atoms. The van der Waals surface area contributed by atoms with Crippen LogP contribution >= 0.6 is 0 Å². The molecule has 2 fully saturated rings. The minimum atomic E-state index is 0.888. The Balaban J connectivity index is 1.82. The van der Waals surface area contributed by atoms with Crippen molar-refractivity contribution >= 4 is 0 Å². The first-order valence-electron chi connectivity index (χ1n) is 3.91. The van der Waals surface area contributed by atoms with Crippen LogP contribution in [0, 0.1) is 0 Å². The van der Waals surface area contributed by atoms with Crippen LogP contribution in [0.15, 0.2) is 0 Å². The van der Waals surface area contributed by atoms with Gasteiger partial charge in [-0.3, -0.25) is 4.90 Å². The third-order valence-corrected chi connectivity index (χ3v) is 2.44. The van der Waals surface area contributed by atoms with Gasteiger partial charge in [0.1, 0.15) is 0 Å². The van der Waals surface area contributed by atoms with Gasteiger partial charge in [0, 0.05) is 12.6 Å². The molecule has 0 bridgehead atoms. The number of nitrogens with one attached hydrogen (secondary N) is 1. The summed E-state index contributed by atoms with van der Waals surface area (Å²) < 4.78 is 0. The molecule has 0 aliphatic carbocycles. The van der Waals surface area contributed by atoms with Crippen molar-refractivity contribution in [3.8, 4) is 0 Å². The monoisotopic (exact) mass is 126 g/mol. The molecule has 0 amide bonds. The third kappa shape index (κ3) is 0.970. The Labute approximate surface area is 56.2 Å². The van der Waals surface area contributed by atoms with Crippen molar-refractivity contribution in [2.24, 2.45) is 0 Å². The van der Waals surface area contributed by atoms with Crippen LogP contribution in [0.3, 0.4) is 0 Å². The van der Waals surface area contributed by atoms with Gasteiger partial charge in [0.05, 0.1) is 0 Å². The van der Waals surface area contributed by atoms with Gasteiger partial charge in [0.25, 0.3) is 0 Å². The van der Waals surface area contributed by atoms with Gasteiger partial charge in [-0.05, 0) is 32.5 Å². The van der Waals surface area contributed by atoms with Gasteiger partial charge in [-0.15, -0.1) is 0 Å². The van der Waals surface area contributed by atoms with E-state index in [1.807, 2.05) is 0 Å². The zero-order valence-electron chi connectivity index (χ0n) is 5.77. The van der Waals surface area contributed by atoms with E-state index in [2.05, 4.69) is 10.2 Å². The number of hydrogen-bond donors (Lipinski definition) is 1. The van der Waals surface area contributed by atoms with Gasteiger partial charge >= 0.3 is 0 Å². The first-order valence-corrected chi connectivity index (χ1v) is 3.91. The van der Waals surface area contributed by atoms with Crippen LogP contribution in [0.5, 0.6) is 0 Å². The first-order chi connectivity index (χ1) is 4.47. The van der Waals surface area contributed by atoms with E-state index in [9.17, 15) is 0 Å². The van der Waals surface area contributed by atoms with E-state index < -0.39 is 0 Å². The number of nitrogens with zero attached hydrogens (tertiary/aromatic N) is 1. The molecule has 2 saturated heterocycles. The van der Waals surface area contributed by atoms with Crippen molar-refractivity contribution in [2.75, 3.05) is 26.2 Å². The second kappa shape index (κ2) is 2.27. The first kappa shape index (κ1) is 5.69. The molecule has 0 aromatic heterocycles. The SMILES string of the molecule is C1CN(C2CCNC2)C1. The van der Waals surface area contributed by atoms with Crippen LogP contribution in [0.1, 0.15) is 12.8 Å². The molecule has 2 rings (SSSR count). The van der Waals surface area contributed by atoms with E-state index in [1.165, 1.54) is 39.0 Å². The van der Waals surface area contributed by atoms with Crippen molar-refractivity contribution in [1.29, 1.82) is 0 Å². The smallest absolute Gasteiger partial charge is 0.0232 e. The van der Waals surface area contributed by atoms with Crippen molar-refractivity contribution in [1.82, 2.24) is 10.2 Å². The molecule has 1 atom stereocenters. The van der Waals surface area contributed by atoms with E-state index >= 15 is 0 Å². The van der Waals surface area contributed by atoms with Gasteiger partial charge in [0.15, 0.2) is 0 Å². The summed E-state index contributed by atoms with van der Waals surface area (Å²) in [6.07, 6.45) is 2.80. The predicted octanol–water partition coefficient (Wildman–Crippen LogP) is 0.0540. The number of likely N-dealkylation sites (tertiary alicyclic amines) is 1. The van der Waals surface area contributed by atoms with Crippen LogP contribution in [0.25, 0.3) is 0 Å². The Bertz CT molecular complexity index is 93.1. The molecule has 9 heavy (non-hydrogen) atoms. The molecule has 52 valence electrons. The van der Waals surface area contributed by atoms with Crippen LogP contribution in [-0.2, 0) is 0 Å². The molecule has 0 aromatic rings. The highest BCUT2D eigenvalue weighted by atomic mass is 15.2. The normalized spacial score (nSPS) is 36.7. The van der Waals surface area contributed by atoms with E-state index in [0.717, 1.165) is 6.04 Å². The summed E-state index contributed by atoms with van der Waals surface area (Å²) in [4.78, 5) is 2.58. The average molecular weight is 126 g/mol. The van der Waals surface area contributed by atoms with Crippen LogP contribution in [0.4, 0.5) is 0 Å². The summed E-state index contributed by atoms with van der Waals surface area (Å²) in [5, 5.41) is 3.38. The van der Waals surface area contributed by atoms with Gasteiger partial charge < -0.3 is 5.32 Å². The van der Waals surface area contributed by atoms with Crippen molar-refractivity contribution in [3.63, 3.8) is 0 Å². The molecule has 0 saturated carbocycles. The second-order valence-corrected chi connectivity index (χ2v) is 3.04. The highest BCUT2D eigenvalue weighted by Gasteiger charge is 2.25. The highest BCUT2D eigenvalue weighted by molar-refractivity contribution is 4.84. The third-order valence-electron chi connectivity index (χ3n) is 2.44. The lowest BCUT2D eigenvalue weighted by molar-refractivity contribution is 0.128. The van der Waals surface area contributed by atoms with E-state index in [-0.39, 0.29) is 0 Å². The molecule has 2 aliphatic rings. The Kier molecular flexibility index (Phi) is 1.44.